The highest BCUT2D eigenvalue weighted by atomic mass is 35.5. The molecule has 1 amide bonds. The average molecular weight is 340 g/mol. The van der Waals surface area contributed by atoms with Crippen LogP contribution in [0.4, 0.5) is 0 Å². The smallest absolute Gasteiger partial charge is 0.231 e. The quantitative estimate of drug-likeness (QED) is 0.860. The number of nitrogens with zero attached hydrogens (tertiary/aromatic N) is 3. The highest BCUT2D eigenvalue weighted by molar-refractivity contribution is 6.42. The van der Waals surface area contributed by atoms with Crippen LogP contribution in [0.5, 0.6) is 0 Å². The van der Waals surface area contributed by atoms with Crippen molar-refractivity contribution in [3.8, 4) is 0 Å². The fourth-order valence-corrected chi connectivity index (χ4v) is 2.91. The predicted octanol–water partition coefficient (Wildman–Crippen LogP) is 3.30. The van der Waals surface area contributed by atoms with Crippen LogP contribution in [-0.2, 0) is 11.2 Å². The number of carbonyl (C=O) groups excluding carboxylic acids is 1. The number of aromatic nitrogens is 2. The molecule has 0 saturated carbocycles. The van der Waals surface area contributed by atoms with Gasteiger partial charge in [0.2, 0.25) is 11.8 Å². The Kier molecular flexibility index (Phi) is 4.36. The summed E-state index contributed by atoms with van der Waals surface area (Å²) in [5.41, 5.74) is 0.971. The minimum Gasteiger partial charge on any atom is -0.342 e. The zero-order valence-electron chi connectivity index (χ0n) is 12.1. The maximum atomic E-state index is 11.4. The van der Waals surface area contributed by atoms with Crippen LogP contribution in [0, 0.1) is 0 Å². The van der Waals surface area contributed by atoms with Crippen LogP contribution < -0.4 is 0 Å². The number of amides is 1. The van der Waals surface area contributed by atoms with Gasteiger partial charge in [-0.3, -0.25) is 4.79 Å². The van der Waals surface area contributed by atoms with E-state index >= 15 is 0 Å². The predicted molar refractivity (Wildman–Crippen MR) is 83.2 cm³/mol. The summed E-state index contributed by atoms with van der Waals surface area (Å²) >= 11 is 11.9. The molecule has 1 aliphatic rings. The Morgan fingerprint density at radius 2 is 2.23 bits per heavy atom. The summed E-state index contributed by atoms with van der Waals surface area (Å²) in [5.74, 6) is 1.41. The standard InChI is InChI=1S/C15H15Cl2N3O2/c1-9(21)20-5-4-11(8-20)15-18-14(19-22-15)7-10-2-3-12(16)13(17)6-10/h2-3,6,11H,4-5,7-8H2,1H3. The van der Waals surface area contributed by atoms with Gasteiger partial charge in [0.1, 0.15) is 0 Å². The van der Waals surface area contributed by atoms with E-state index in [9.17, 15) is 4.79 Å². The van der Waals surface area contributed by atoms with E-state index < -0.39 is 0 Å². The Hall–Kier alpha value is -1.59. The van der Waals surface area contributed by atoms with Crippen molar-refractivity contribution in [2.75, 3.05) is 13.1 Å². The summed E-state index contributed by atoms with van der Waals surface area (Å²) in [5, 5.41) is 5.05. The van der Waals surface area contributed by atoms with Crippen LogP contribution in [0.3, 0.4) is 0 Å². The Balaban J connectivity index is 1.69. The zero-order chi connectivity index (χ0) is 15.7. The molecule has 116 valence electrons. The van der Waals surface area contributed by atoms with E-state index in [1.54, 1.807) is 24.0 Å². The summed E-state index contributed by atoms with van der Waals surface area (Å²) in [6.07, 6.45) is 1.39. The van der Waals surface area contributed by atoms with Crippen molar-refractivity contribution < 1.29 is 9.32 Å². The second kappa shape index (κ2) is 6.26. The normalized spacial score (nSPS) is 18.0. The molecule has 0 N–H and O–H groups in total. The van der Waals surface area contributed by atoms with Crippen molar-refractivity contribution >= 4 is 29.1 Å². The number of halogens is 2. The average Bonchev–Trinajstić information content (AvgIpc) is 3.11. The lowest BCUT2D eigenvalue weighted by Crippen LogP contribution is -2.25. The summed E-state index contributed by atoms with van der Waals surface area (Å²) in [4.78, 5) is 17.6. The van der Waals surface area contributed by atoms with Gasteiger partial charge in [0.05, 0.1) is 16.0 Å². The molecule has 1 fully saturated rings. The topological polar surface area (TPSA) is 59.2 Å². The van der Waals surface area contributed by atoms with Gasteiger partial charge in [-0.2, -0.15) is 4.98 Å². The molecule has 1 aromatic carbocycles. The summed E-state index contributed by atoms with van der Waals surface area (Å²) in [6.45, 7) is 2.96. The molecule has 1 aromatic heterocycles. The van der Waals surface area contributed by atoms with Crippen molar-refractivity contribution in [1.82, 2.24) is 15.0 Å². The molecular formula is C15H15Cl2N3O2. The number of hydrogen-bond donors (Lipinski definition) is 0. The highest BCUT2D eigenvalue weighted by Crippen LogP contribution is 2.27. The van der Waals surface area contributed by atoms with Crippen LogP contribution >= 0.6 is 23.2 Å². The van der Waals surface area contributed by atoms with Gasteiger partial charge in [-0.25, -0.2) is 0 Å². The molecule has 1 atom stereocenters. The summed E-state index contributed by atoms with van der Waals surface area (Å²) < 4.78 is 5.34. The van der Waals surface area contributed by atoms with E-state index in [1.807, 2.05) is 6.07 Å². The van der Waals surface area contributed by atoms with Crippen molar-refractivity contribution in [3.63, 3.8) is 0 Å². The number of carbonyl (C=O) groups is 1. The number of hydrogen-bond acceptors (Lipinski definition) is 4. The van der Waals surface area contributed by atoms with E-state index in [-0.39, 0.29) is 11.8 Å². The molecule has 0 radical (unpaired) electrons. The Bertz CT molecular complexity index is 702. The SMILES string of the molecule is CC(=O)N1CCC(c2nc(Cc3ccc(Cl)c(Cl)c3)no2)C1. The number of likely N-dealkylation sites (tertiary alicyclic amines) is 1. The molecule has 2 heterocycles. The van der Waals surface area contributed by atoms with E-state index in [0.717, 1.165) is 18.5 Å². The molecule has 0 aliphatic carbocycles. The largest absolute Gasteiger partial charge is 0.342 e. The molecule has 5 nitrogen and oxygen atoms in total. The van der Waals surface area contributed by atoms with Gasteiger partial charge in [-0.1, -0.05) is 34.4 Å². The molecule has 3 rings (SSSR count). The van der Waals surface area contributed by atoms with Crippen molar-refractivity contribution in [1.29, 1.82) is 0 Å². The highest BCUT2D eigenvalue weighted by Gasteiger charge is 2.29. The van der Waals surface area contributed by atoms with Crippen molar-refractivity contribution in [2.24, 2.45) is 0 Å². The van der Waals surface area contributed by atoms with Crippen molar-refractivity contribution in [3.05, 3.63) is 45.5 Å². The number of rotatable bonds is 3. The maximum Gasteiger partial charge on any atom is 0.231 e. The van der Waals surface area contributed by atoms with Gasteiger partial charge in [-0.05, 0) is 24.1 Å². The Morgan fingerprint density at radius 3 is 2.91 bits per heavy atom. The first-order valence-corrected chi connectivity index (χ1v) is 7.80. The van der Waals surface area contributed by atoms with E-state index in [2.05, 4.69) is 10.1 Å². The molecule has 1 saturated heterocycles. The second-order valence-corrected chi connectivity index (χ2v) is 6.24. The maximum absolute atomic E-state index is 11.4. The molecule has 0 bridgehead atoms. The van der Waals surface area contributed by atoms with Gasteiger partial charge in [0, 0.05) is 26.4 Å². The molecule has 2 aromatic rings. The van der Waals surface area contributed by atoms with Crippen LogP contribution in [0.15, 0.2) is 22.7 Å². The molecule has 0 spiro atoms. The lowest BCUT2D eigenvalue weighted by atomic mass is 10.1. The fourth-order valence-electron chi connectivity index (χ4n) is 2.59. The first kappa shape index (κ1) is 15.3. The van der Waals surface area contributed by atoms with Gasteiger partial charge >= 0.3 is 0 Å². The minimum atomic E-state index is 0.0815. The minimum absolute atomic E-state index is 0.0815. The number of benzene rings is 1. The molecule has 1 aliphatic heterocycles. The van der Waals surface area contributed by atoms with Gasteiger partial charge in [0.25, 0.3) is 0 Å². The third-order valence-corrected chi connectivity index (χ3v) is 4.55. The van der Waals surface area contributed by atoms with Crippen molar-refractivity contribution in [2.45, 2.75) is 25.7 Å². The first-order valence-electron chi connectivity index (χ1n) is 7.05. The van der Waals surface area contributed by atoms with Crippen LogP contribution in [0.2, 0.25) is 10.0 Å². The Labute approximate surface area is 138 Å². The van der Waals surface area contributed by atoms with E-state index in [4.69, 9.17) is 27.7 Å². The first-order chi connectivity index (χ1) is 10.5. The fraction of sp³-hybridized carbons (Fsp3) is 0.400. The third kappa shape index (κ3) is 3.25. The van der Waals surface area contributed by atoms with E-state index in [0.29, 0.717) is 34.7 Å². The Morgan fingerprint density at radius 1 is 1.41 bits per heavy atom. The molecule has 7 heteroatoms. The zero-order valence-corrected chi connectivity index (χ0v) is 13.6. The second-order valence-electron chi connectivity index (χ2n) is 5.42. The lowest BCUT2D eigenvalue weighted by Gasteiger charge is -2.11. The lowest BCUT2D eigenvalue weighted by molar-refractivity contribution is -0.127. The van der Waals surface area contributed by atoms with Gasteiger partial charge < -0.3 is 9.42 Å². The summed E-state index contributed by atoms with van der Waals surface area (Å²) in [7, 11) is 0. The van der Waals surface area contributed by atoms with Gasteiger partial charge in [0.15, 0.2) is 5.82 Å². The van der Waals surface area contributed by atoms with Crippen LogP contribution in [-0.4, -0.2) is 34.0 Å². The van der Waals surface area contributed by atoms with Crippen LogP contribution in [0.1, 0.15) is 36.5 Å². The monoisotopic (exact) mass is 339 g/mol. The summed E-state index contributed by atoms with van der Waals surface area (Å²) in [6, 6.07) is 5.44. The molecule has 1 unspecified atom stereocenters. The molecular weight excluding hydrogens is 325 g/mol. The third-order valence-electron chi connectivity index (χ3n) is 3.81. The van der Waals surface area contributed by atoms with Gasteiger partial charge in [-0.15, -0.1) is 0 Å². The van der Waals surface area contributed by atoms with Crippen LogP contribution in [0.25, 0.3) is 0 Å². The van der Waals surface area contributed by atoms with E-state index in [1.165, 1.54) is 0 Å². The molecule has 22 heavy (non-hydrogen) atoms.